The molecule has 14 heavy (non-hydrogen) atoms. The molecule has 0 radical (unpaired) electrons. The molecule has 0 spiro atoms. The van der Waals surface area contributed by atoms with Gasteiger partial charge in [-0.2, -0.15) is 0 Å². The Kier molecular flexibility index (Phi) is 1.93. The van der Waals surface area contributed by atoms with E-state index in [9.17, 15) is 0 Å². The normalized spacial score (nSPS) is 30.7. The molecule has 2 heterocycles. The predicted molar refractivity (Wildman–Crippen MR) is 57.3 cm³/mol. The Hall–Kier alpha value is -1.05. The molecule has 2 aliphatic rings. The molecule has 1 aliphatic carbocycles. The van der Waals surface area contributed by atoms with Crippen LogP contribution in [0.4, 0.5) is 5.69 Å². The highest BCUT2D eigenvalue weighted by Gasteiger charge is 2.34. The van der Waals surface area contributed by atoms with Gasteiger partial charge in [0, 0.05) is 30.7 Å². The maximum atomic E-state index is 4.08. The maximum Gasteiger partial charge on any atom is 0.0399 e. The number of nitrogens with zero attached hydrogens (tertiary/aromatic N) is 2. The fourth-order valence-electron chi connectivity index (χ4n) is 2.99. The van der Waals surface area contributed by atoms with Gasteiger partial charge in [0.1, 0.15) is 0 Å². The first kappa shape index (κ1) is 8.27. The van der Waals surface area contributed by atoms with Crippen molar-refractivity contribution in [1.82, 2.24) is 4.98 Å². The predicted octanol–water partition coefficient (Wildman–Crippen LogP) is 2.46. The van der Waals surface area contributed by atoms with Crippen molar-refractivity contribution in [2.75, 3.05) is 11.4 Å². The first-order chi connectivity index (χ1) is 6.93. The summed E-state index contributed by atoms with van der Waals surface area (Å²) >= 11 is 0. The summed E-state index contributed by atoms with van der Waals surface area (Å²) < 4.78 is 0. The lowest BCUT2D eigenvalue weighted by Crippen LogP contribution is -2.28. The molecule has 2 nitrogen and oxygen atoms in total. The van der Waals surface area contributed by atoms with Crippen molar-refractivity contribution in [1.29, 1.82) is 0 Å². The second kappa shape index (κ2) is 3.26. The third kappa shape index (κ3) is 1.29. The van der Waals surface area contributed by atoms with Crippen LogP contribution >= 0.6 is 0 Å². The van der Waals surface area contributed by atoms with Gasteiger partial charge in [-0.25, -0.2) is 0 Å². The van der Waals surface area contributed by atoms with Gasteiger partial charge in [-0.05, 0) is 37.3 Å². The molecule has 1 saturated carbocycles. The first-order valence-electron chi connectivity index (χ1n) is 5.60. The molecule has 1 saturated heterocycles. The molecular weight excluding hydrogens is 172 g/mol. The Morgan fingerprint density at radius 3 is 2.86 bits per heavy atom. The fraction of sp³-hybridized carbons (Fsp3) is 0.583. The smallest absolute Gasteiger partial charge is 0.0399 e. The minimum Gasteiger partial charge on any atom is -0.368 e. The largest absolute Gasteiger partial charge is 0.368 e. The van der Waals surface area contributed by atoms with Crippen molar-refractivity contribution in [2.24, 2.45) is 5.92 Å². The third-order valence-electron chi connectivity index (χ3n) is 3.65. The summed E-state index contributed by atoms with van der Waals surface area (Å²) in [6.45, 7) is 1.27. The molecule has 1 aromatic heterocycles. The van der Waals surface area contributed by atoms with Gasteiger partial charge in [-0.1, -0.05) is 6.42 Å². The van der Waals surface area contributed by atoms with E-state index >= 15 is 0 Å². The maximum absolute atomic E-state index is 4.08. The molecule has 2 bridgehead atoms. The standard InChI is InChI=1S/C12H16N2/c1-2-10-8-12(3-1)14(9-10)11-4-6-13-7-5-11/h4-7,10,12H,1-3,8-9H2. The van der Waals surface area contributed by atoms with Crippen molar-refractivity contribution in [3.8, 4) is 0 Å². The first-order valence-corrected chi connectivity index (χ1v) is 5.60. The number of hydrogen-bond donors (Lipinski definition) is 0. The Bertz CT molecular complexity index is 309. The zero-order valence-electron chi connectivity index (χ0n) is 8.39. The fourth-order valence-corrected chi connectivity index (χ4v) is 2.99. The van der Waals surface area contributed by atoms with Gasteiger partial charge in [0.05, 0.1) is 0 Å². The number of aromatic nitrogens is 1. The molecule has 2 unspecified atom stereocenters. The van der Waals surface area contributed by atoms with E-state index in [1.807, 2.05) is 12.4 Å². The quantitative estimate of drug-likeness (QED) is 0.673. The topological polar surface area (TPSA) is 16.1 Å². The Morgan fingerprint density at radius 1 is 1.21 bits per heavy atom. The van der Waals surface area contributed by atoms with E-state index in [1.165, 1.54) is 37.9 Å². The van der Waals surface area contributed by atoms with Crippen molar-refractivity contribution in [2.45, 2.75) is 31.7 Å². The van der Waals surface area contributed by atoms with Crippen molar-refractivity contribution in [3.63, 3.8) is 0 Å². The van der Waals surface area contributed by atoms with Gasteiger partial charge < -0.3 is 4.90 Å². The van der Waals surface area contributed by atoms with Gasteiger partial charge >= 0.3 is 0 Å². The number of anilines is 1. The monoisotopic (exact) mass is 188 g/mol. The molecule has 2 atom stereocenters. The van der Waals surface area contributed by atoms with Crippen LogP contribution in [-0.2, 0) is 0 Å². The van der Waals surface area contributed by atoms with E-state index in [0.29, 0.717) is 0 Å². The third-order valence-corrected chi connectivity index (χ3v) is 3.65. The molecule has 74 valence electrons. The van der Waals surface area contributed by atoms with Crippen molar-refractivity contribution in [3.05, 3.63) is 24.5 Å². The molecule has 1 aliphatic heterocycles. The molecular formula is C12H16N2. The summed E-state index contributed by atoms with van der Waals surface area (Å²) in [6, 6.07) is 5.10. The second-order valence-electron chi connectivity index (χ2n) is 4.54. The average Bonchev–Trinajstić information content (AvgIpc) is 2.55. The number of hydrogen-bond acceptors (Lipinski definition) is 2. The van der Waals surface area contributed by atoms with E-state index in [1.54, 1.807) is 0 Å². The highest BCUT2D eigenvalue weighted by atomic mass is 15.2. The summed E-state index contributed by atoms with van der Waals surface area (Å²) in [5.74, 6) is 0.960. The van der Waals surface area contributed by atoms with Crippen LogP contribution in [-0.4, -0.2) is 17.6 Å². The minimum absolute atomic E-state index is 0.816. The van der Waals surface area contributed by atoms with Gasteiger partial charge in [0.25, 0.3) is 0 Å². The van der Waals surface area contributed by atoms with Crippen LogP contribution in [0, 0.1) is 5.92 Å². The minimum atomic E-state index is 0.816. The molecule has 3 rings (SSSR count). The zero-order valence-corrected chi connectivity index (χ0v) is 8.39. The molecule has 2 fully saturated rings. The lowest BCUT2D eigenvalue weighted by molar-refractivity contribution is 0.415. The summed E-state index contributed by atoms with van der Waals surface area (Å²) in [5.41, 5.74) is 1.37. The zero-order chi connectivity index (χ0) is 9.38. The van der Waals surface area contributed by atoms with Crippen LogP contribution in [0.15, 0.2) is 24.5 Å². The highest BCUT2D eigenvalue weighted by Crippen LogP contribution is 2.37. The van der Waals surface area contributed by atoms with Gasteiger partial charge in [-0.15, -0.1) is 0 Å². The summed E-state index contributed by atoms with van der Waals surface area (Å²) in [4.78, 5) is 6.66. The Labute approximate surface area is 85.0 Å². The summed E-state index contributed by atoms with van der Waals surface area (Å²) in [5, 5.41) is 0. The molecule has 2 heteroatoms. The van der Waals surface area contributed by atoms with Crippen molar-refractivity contribution < 1.29 is 0 Å². The number of fused-ring (bicyclic) bond motifs is 2. The second-order valence-corrected chi connectivity index (χ2v) is 4.54. The lowest BCUT2D eigenvalue weighted by Gasteiger charge is -2.26. The Morgan fingerprint density at radius 2 is 2.07 bits per heavy atom. The number of pyridine rings is 1. The van der Waals surface area contributed by atoms with Gasteiger partial charge in [-0.3, -0.25) is 4.98 Å². The van der Waals surface area contributed by atoms with E-state index in [0.717, 1.165) is 12.0 Å². The van der Waals surface area contributed by atoms with E-state index in [4.69, 9.17) is 0 Å². The highest BCUT2D eigenvalue weighted by molar-refractivity contribution is 5.47. The van der Waals surface area contributed by atoms with Crippen LogP contribution in [0.25, 0.3) is 0 Å². The van der Waals surface area contributed by atoms with Gasteiger partial charge in [0.2, 0.25) is 0 Å². The summed E-state index contributed by atoms with van der Waals surface area (Å²) in [7, 11) is 0. The summed E-state index contributed by atoms with van der Waals surface area (Å²) in [6.07, 6.45) is 9.48. The Balaban J connectivity index is 1.86. The lowest BCUT2D eigenvalue weighted by atomic mass is 9.90. The molecule has 1 aromatic rings. The average molecular weight is 188 g/mol. The van der Waals surface area contributed by atoms with Crippen LogP contribution in [0.3, 0.4) is 0 Å². The van der Waals surface area contributed by atoms with Crippen LogP contribution in [0.5, 0.6) is 0 Å². The van der Waals surface area contributed by atoms with Crippen LogP contribution in [0.2, 0.25) is 0 Å². The van der Waals surface area contributed by atoms with Crippen LogP contribution in [0.1, 0.15) is 25.7 Å². The van der Waals surface area contributed by atoms with Crippen molar-refractivity contribution >= 4 is 5.69 Å². The van der Waals surface area contributed by atoms with Gasteiger partial charge in [0.15, 0.2) is 0 Å². The van der Waals surface area contributed by atoms with E-state index < -0.39 is 0 Å². The van der Waals surface area contributed by atoms with Crippen LogP contribution < -0.4 is 4.90 Å². The SMILES string of the molecule is c1cc(N2CC3CCCC2C3)ccn1. The van der Waals surface area contributed by atoms with E-state index in [-0.39, 0.29) is 0 Å². The number of rotatable bonds is 1. The molecule has 0 amide bonds. The van der Waals surface area contributed by atoms with E-state index in [2.05, 4.69) is 22.0 Å². The molecule has 0 N–H and O–H groups in total. The molecule has 0 aromatic carbocycles.